The summed E-state index contributed by atoms with van der Waals surface area (Å²) >= 11 is 0. The Hall–Kier alpha value is -0.620. The van der Waals surface area contributed by atoms with Crippen LogP contribution in [0, 0.1) is 11.8 Å². The molecule has 0 amide bonds. The number of rotatable bonds is 5. The van der Waals surface area contributed by atoms with Crippen molar-refractivity contribution in [3.05, 3.63) is 0 Å². The number of ether oxygens (including phenoxy) is 1. The highest BCUT2D eigenvalue weighted by atomic mass is 32.2. The number of sulfonamides is 1. The van der Waals surface area contributed by atoms with Crippen molar-refractivity contribution in [2.45, 2.75) is 56.8 Å². The van der Waals surface area contributed by atoms with Gasteiger partial charge in [0.15, 0.2) is 4.75 Å². The van der Waals surface area contributed by atoms with E-state index in [1.54, 1.807) is 20.8 Å². The van der Waals surface area contributed by atoms with Crippen LogP contribution in [0.4, 0.5) is 0 Å². The number of hydrogen-bond acceptors (Lipinski definition) is 4. The molecule has 0 heterocycles. The van der Waals surface area contributed by atoms with E-state index in [0.29, 0.717) is 12.3 Å². The summed E-state index contributed by atoms with van der Waals surface area (Å²) in [7, 11) is -2.29. The summed E-state index contributed by atoms with van der Waals surface area (Å²) in [6, 6.07) is 0. The van der Waals surface area contributed by atoms with E-state index in [1.165, 1.54) is 7.05 Å². The Morgan fingerprint density at radius 2 is 1.95 bits per heavy atom. The van der Waals surface area contributed by atoms with Crippen LogP contribution in [0.15, 0.2) is 0 Å². The fraction of sp³-hybridized carbons (Fsp3) is 0.923. The van der Waals surface area contributed by atoms with Gasteiger partial charge in [-0.1, -0.05) is 12.8 Å². The minimum atomic E-state index is -3.65. The second-order valence-electron chi connectivity index (χ2n) is 6.68. The molecule has 2 rings (SSSR count). The van der Waals surface area contributed by atoms with Crippen LogP contribution in [0.5, 0.6) is 0 Å². The van der Waals surface area contributed by atoms with Gasteiger partial charge in [-0.25, -0.2) is 13.1 Å². The third kappa shape index (κ3) is 2.79. The van der Waals surface area contributed by atoms with Gasteiger partial charge in [0, 0.05) is 0 Å². The third-order valence-electron chi connectivity index (χ3n) is 3.86. The van der Waals surface area contributed by atoms with E-state index >= 15 is 0 Å². The maximum Gasteiger partial charge on any atom is 0.329 e. The Labute approximate surface area is 115 Å². The number of esters is 1. The molecule has 5 nitrogen and oxygen atoms in total. The first-order valence-electron chi connectivity index (χ1n) is 6.79. The van der Waals surface area contributed by atoms with Crippen LogP contribution in [-0.4, -0.2) is 31.8 Å². The van der Waals surface area contributed by atoms with Gasteiger partial charge in [-0.15, -0.1) is 0 Å². The van der Waals surface area contributed by atoms with Crippen molar-refractivity contribution in [2.24, 2.45) is 11.8 Å². The summed E-state index contributed by atoms with van der Waals surface area (Å²) < 4.78 is 30.7. The normalized spacial score (nSPS) is 31.1. The summed E-state index contributed by atoms with van der Waals surface area (Å²) in [5.74, 6) is -0.0892. The van der Waals surface area contributed by atoms with Gasteiger partial charge < -0.3 is 4.74 Å². The van der Waals surface area contributed by atoms with Gasteiger partial charge in [-0.3, -0.25) is 4.79 Å². The van der Waals surface area contributed by atoms with E-state index in [0.717, 1.165) is 19.3 Å². The van der Waals surface area contributed by atoms with E-state index in [2.05, 4.69) is 4.72 Å². The molecule has 0 aromatic rings. The Morgan fingerprint density at radius 1 is 1.37 bits per heavy atom. The maximum atomic E-state index is 12.3. The second kappa shape index (κ2) is 4.45. The predicted octanol–water partition coefficient (Wildman–Crippen LogP) is 1.44. The Morgan fingerprint density at radius 3 is 2.37 bits per heavy atom. The quantitative estimate of drug-likeness (QED) is 0.777. The summed E-state index contributed by atoms with van der Waals surface area (Å²) in [6.07, 6.45) is 3.52. The summed E-state index contributed by atoms with van der Waals surface area (Å²) in [6.45, 7) is 5.26. The third-order valence-corrected chi connectivity index (χ3v) is 6.02. The molecule has 0 aromatic carbocycles. The summed E-state index contributed by atoms with van der Waals surface area (Å²) in [4.78, 5) is 12.3. The monoisotopic (exact) mass is 289 g/mol. The first-order valence-corrected chi connectivity index (χ1v) is 8.27. The van der Waals surface area contributed by atoms with Crippen LogP contribution in [0.3, 0.4) is 0 Å². The smallest absolute Gasteiger partial charge is 0.329 e. The number of nitrogens with one attached hydrogen (secondary N) is 1. The average molecular weight is 289 g/mol. The van der Waals surface area contributed by atoms with Crippen molar-refractivity contribution in [1.29, 1.82) is 0 Å². The molecule has 6 heteroatoms. The molecule has 2 fully saturated rings. The molecule has 0 bridgehead atoms. The molecule has 2 atom stereocenters. The molecule has 0 aromatic heterocycles. The lowest BCUT2D eigenvalue weighted by atomic mass is 10.1. The Bertz CT molecular complexity index is 475. The molecule has 2 saturated carbocycles. The van der Waals surface area contributed by atoms with Crippen LogP contribution >= 0.6 is 0 Å². The summed E-state index contributed by atoms with van der Waals surface area (Å²) in [5, 5.41) is 0. The van der Waals surface area contributed by atoms with E-state index < -0.39 is 26.3 Å². The fourth-order valence-corrected chi connectivity index (χ4v) is 4.15. The van der Waals surface area contributed by atoms with Gasteiger partial charge in [-0.2, -0.15) is 0 Å². The second-order valence-corrected chi connectivity index (χ2v) is 8.82. The molecule has 0 radical (unpaired) electrons. The largest absolute Gasteiger partial charge is 0.459 e. The van der Waals surface area contributed by atoms with E-state index in [1.807, 2.05) is 0 Å². The summed E-state index contributed by atoms with van der Waals surface area (Å²) in [5.41, 5.74) is -0.667. The van der Waals surface area contributed by atoms with Gasteiger partial charge in [-0.05, 0) is 52.5 Å². The van der Waals surface area contributed by atoms with Crippen LogP contribution in [-0.2, 0) is 19.6 Å². The van der Waals surface area contributed by atoms with E-state index in [-0.39, 0.29) is 5.92 Å². The van der Waals surface area contributed by atoms with Gasteiger partial charge in [0.05, 0.1) is 0 Å². The maximum absolute atomic E-state index is 12.3. The average Bonchev–Trinajstić information content (AvgIpc) is 3.12. The van der Waals surface area contributed by atoms with Crippen molar-refractivity contribution in [2.75, 3.05) is 7.05 Å². The van der Waals surface area contributed by atoms with Gasteiger partial charge in [0.25, 0.3) is 0 Å². The molecular formula is C13H23NO4S. The van der Waals surface area contributed by atoms with Crippen molar-refractivity contribution in [3.63, 3.8) is 0 Å². The zero-order valence-electron chi connectivity index (χ0n) is 12.0. The molecule has 0 aliphatic heterocycles. The first-order chi connectivity index (χ1) is 8.62. The molecular weight excluding hydrogens is 266 g/mol. The van der Waals surface area contributed by atoms with E-state index in [9.17, 15) is 13.2 Å². The van der Waals surface area contributed by atoms with Crippen molar-refractivity contribution >= 4 is 16.0 Å². The minimum absolute atomic E-state index is 0.0905. The molecule has 2 aliphatic rings. The molecule has 1 N–H and O–H groups in total. The number of hydrogen-bond donors (Lipinski definition) is 1. The lowest BCUT2D eigenvalue weighted by molar-refractivity contribution is -0.155. The topological polar surface area (TPSA) is 72.5 Å². The fourth-order valence-electron chi connectivity index (χ4n) is 2.57. The van der Waals surface area contributed by atoms with Gasteiger partial charge in [0.2, 0.25) is 10.0 Å². The molecule has 0 saturated heterocycles. The van der Waals surface area contributed by atoms with Crippen molar-refractivity contribution in [1.82, 2.24) is 4.72 Å². The van der Waals surface area contributed by atoms with Gasteiger partial charge in [0.1, 0.15) is 5.60 Å². The molecule has 19 heavy (non-hydrogen) atoms. The standard InChI is InChI=1S/C13H23NO4S/c1-12(2,3)18-11(15)13(19(16,17)14-4)8-10(13)7-9-5-6-9/h9-10,14H,5-8H2,1-4H3. The highest BCUT2D eigenvalue weighted by Gasteiger charge is 2.70. The first kappa shape index (κ1) is 14.8. The van der Waals surface area contributed by atoms with Crippen LogP contribution in [0.25, 0.3) is 0 Å². The number of carbonyl (C=O) groups excluding carboxylic acids is 1. The van der Waals surface area contributed by atoms with Crippen molar-refractivity contribution in [3.8, 4) is 0 Å². The van der Waals surface area contributed by atoms with Crippen LogP contribution < -0.4 is 4.72 Å². The lowest BCUT2D eigenvalue weighted by Gasteiger charge is -2.24. The Kier molecular flexibility index (Phi) is 3.46. The molecule has 2 unspecified atom stereocenters. The molecule has 0 spiro atoms. The molecule has 2 aliphatic carbocycles. The highest BCUT2D eigenvalue weighted by molar-refractivity contribution is 7.92. The van der Waals surface area contributed by atoms with Crippen LogP contribution in [0.2, 0.25) is 0 Å². The zero-order valence-corrected chi connectivity index (χ0v) is 12.8. The number of carbonyl (C=O) groups is 1. The van der Waals surface area contributed by atoms with Crippen molar-refractivity contribution < 1.29 is 17.9 Å². The van der Waals surface area contributed by atoms with Gasteiger partial charge >= 0.3 is 5.97 Å². The SMILES string of the molecule is CNS(=O)(=O)C1(C(=O)OC(C)(C)C)CC1CC1CC1. The molecule has 110 valence electrons. The Balaban J connectivity index is 2.19. The lowest BCUT2D eigenvalue weighted by Crippen LogP contribution is -2.45. The predicted molar refractivity (Wildman–Crippen MR) is 72.0 cm³/mol. The zero-order chi connectivity index (χ0) is 14.5. The van der Waals surface area contributed by atoms with Crippen LogP contribution in [0.1, 0.15) is 46.5 Å². The highest BCUT2D eigenvalue weighted by Crippen LogP contribution is 2.56. The van der Waals surface area contributed by atoms with E-state index in [4.69, 9.17) is 4.74 Å². The minimum Gasteiger partial charge on any atom is -0.459 e.